The lowest BCUT2D eigenvalue weighted by atomic mass is 10.0. The Labute approximate surface area is 207 Å². The Morgan fingerprint density at radius 3 is 2.48 bits per heavy atom. The predicted molar refractivity (Wildman–Crippen MR) is 137 cm³/mol. The third-order valence-electron chi connectivity index (χ3n) is 5.90. The van der Waals surface area contributed by atoms with Gasteiger partial charge >= 0.3 is 0 Å². The number of thiocarbonyl (C=S) groups is 1. The molecule has 4 aromatic rings. The van der Waals surface area contributed by atoms with Crippen molar-refractivity contribution in [3.8, 4) is 11.4 Å². The minimum Gasteiger partial charge on any atom is -0.497 e. The van der Waals surface area contributed by atoms with E-state index < -0.39 is 0 Å². The van der Waals surface area contributed by atoms with Crippen molar-refractivity contribution < 1.29 is 4.74 Å². The molecule has 0 amide bonds. The highest BCUT2D eigenvalue weighted by Crippen LogP contribution is 2.40. The van der Waals surface area contributed by atoms with E-state index in [0.717, 1.165) is 38.0 Å². The van der Waals surface area contributed by atoms with E-state index in [1.165, 1.54) is 0 Å². The Morgan fingerprint density at radius 2 is 1.79 bits per heavy atom. The molecule has 5 rings (SSSR count). The number of methoxy groups -OCH3 is 1. The number of ether oxygens (including phenoxy) is 1. The molecule has 0 spiro atoms. The molecule has 0 radical (unpaired) electrons. The minimum atomic E-state index is -0.0685. The molecule has 1 saturated heterocycles. The van der Waals surface area contributed by atoms with Crippen LogP contribution in [0.25, 0.3) is 5.69 Å². The summed E-state index contributed by atoms with van der Waals surface area (Å²) < 4.78 is 8.60. The normalized spacial score (nSPS) is 17.8. The van der Waals surface area contributed by atoms with Crippen molar-refractivity contribution in [2.24, 2.45) is 0 Å². The standard InChI is InChI=1S/C26H23BrN4OS/c1-32-21-13-7-18(8-14-21)17-31-25(24(29-26(31)33)22-5-2-3-15-28-22)23-6-4-16-30(23)20-11-9-19(27)10-12-20/h2-16,24-25H,17H2,1H3,(H,29,33)/t24-,25-/m0/s1. The van der Waals surface area contributed by atoms with E-state index in [9.17, 15) is 0 Å². The van der Waals surface area contributed by atoms with Crippen molar-refractivity contribution in [3.05, 3.63) is 113 Å². The number of hydrogen-bond donors (Lipinski definition) is 1. The van der Waals surface area contributed by atoms with Gasteiger partial charge in [-0.3, -0.25) is 4.98 Å². The van der Waals surface area contributed by atoms with Crippen LogP contribution in [0.15, 0.2) is 95.7 Å². The van der Waals surface area contributed by atoms with Gasteiger partial charge in [-0.1, -0.05) is 34.1 Å². The van der Waals surface area contributed by atoms with E-state index >= 15 is 0 Å². The molecule has 1 fully saturated rings. The van der Waals surface area contributed by atoms with Gasteiger partial charge in [-0.15, -0.1) is 0 Å². The predicted octanol–water partition coefficient (Wildman–Crippen LogP) is 5.82. The van der Waals surface area contributed by atoms with Gasteiger partial charge < -0.3 is 19.5 Å². The van der Waals surface area contributed by atoms with Crippen LogP contribution in [-0.4, -0.2) is 26.7 Å². The number of pyridine rings is 1. The average Bonchev–Trinajstić information content (AvgIpc) is 3.45. The van der Waals surface area contributed by atoms with Gasteiger partial charge in [0.15, 0.2) is 5.11 Å². The summed E-state index contributed by atoms with van der Waals surface area (Å²) in [5, 5.41) is 4.26. The van der Waals surface area contributed by atoms with Gasteiger partial charge in [-0.25, -0.2) is 0 Å². The lowest BCUT2D eigenvalue weighted by molar-refractivity contribution is 0.302. The van der Waals surface area contributed by atoms with Crippen LogP contribution in [0.5, 0.6) is 5.75 Å². The molecule has 1 aliphatic heterocycles. The molecule has 0 aliphatic carbocycles. The van der Waals surface area contributed by atoms with E-state index in [4.69, 9.17) is 17.0 Å². The Morgan fingerprint density at radius 1 is 1.00 bits per heavy atom. The number of halogens is 1. The minimum absolute atomic E-state index is 0.0341. The molecule has 0 unspecified atom stereocenters. The molecule has 0 bridgehead atoms. The van der Waals surface area contributed by atoms with Crippen molar-refractivity contribution in [2.75, 3.05) is 7.11 Å². The molecular weight excluding hydrogens is 496 g/mol. The van der Waals surface area contributed by atoms with Gasteiger partial charge in [0, 0.05) is 34.8 Å². The molecule has 166 valence electrons. The number of benzene rings is 2. The van der Waals surface area contributed by atoms with Crippen LogP contribution in [0, 0.1) is 0 Å². The van der Waals surface area contributed by atoms with E-state index in [0.29, 0.717) is 6.54 Å². The third-order valence-corrected chi connectivity index (χ3v) is 6.78. The van der Waals surface area contributed by atoms with Crippen molar-refractivity contribution in [2.45, 2.75) is 18.6 Å². The fourth-order valence-corrected chi connectivity index (χ4v) is 4.87. The number of hydrogen-bond acceptors (Lipinski definition) is 3. The van der Waals surface area contributed by atoms with E-state index in [1.54, 1.807) is 7.11 Å². The SMILES string of the molecule is COc1ccc(CN2C(=S)N[C@@H](c3ccccn3)[C@@H]2c2cccn2-c2ccc(Br)cc2)cc1. The Balaban J connectivity index is 1.57. The first-order valence-corrected chi connectivity index (χ1v) is 11.9. The zero-order chi connectivity index (χ0) is 22.8. The molecule has 1 aliphatic rings. The zero-order valence-electron chi connectivity index (χ0n) is 18.1. The molecule has 2 aromatic heterocycles. The summed E-state index contributed by atoms with van der Waals surface area (Å²) in [6, 6.07) is 26.6. The van der Waals surface area contributed by atoms with Crippen LogP contribution in [-0.2, 0) is 6.54 Å². The van der Waals surface area contributed by atoms with E-state index in [1.807, 2.05) is 30.5 Å². The first-order chi connectivity index (χ1) is 16.1. The number of rotatable bonds is 6. The summed E-state index contributed by atoms with van der Waals surface area (Å²) in [5.41, 5.74) is 4.37. The highest BCUT2D eigenvalue weighted by atomic mass is 79.9. The first kappa shape index (κ1) is 21.7. The molecule has 5 nitrogen and oxygen atoms in total. The summed E-state index contributed by atoms with van der Waals surface area (Å²) in [5.74, 6) is 0.841. The fraction of sp³-hybridized carbons (Fsp3) is 0.154. The lowest BCUT2D eigenvalue weighted by Crippen LogP contribution is -2.30. The zero-order valence-corrected chi connectivity index (χ0v) is 20.5. The number of nitrogens with one attached hydrogen (secondary N) is 1. The van der Waals surface area contributed by atoms with Gasteiger partial charge in [-0.2, -0.15) is 0 Å². The largest absolute Gasteiger partial charge is 0.497 e. The van der Waals surface area contributed by atoms with Crippen molar-refractivity contribution >= 4 is 33.3 Å². The fourth-order valence-electron chi connectivity index (χ4n) is 4.30. The highest BCUT2D eigenvalue weighted by molar-refractivity contribution is 9.10. The molecule has 2 aromatic carbocycles. The smallest absolute Gasteiger partial charge is 0.170 e. The van der Waals surface area contributed by atoms with Crippen LogP contribution in [0.1, 0.15) is 29.0 Å². The molecule has 33 heavy (non-hydrogen) atoms. The van der Waals surface area contributed by atoms with Crippen LogP contribution >= 0.6 is 28.1 Å². The van der Waals surface area contributed by atoms with Gasteiger partial charge in [0.25, 0.3) is 0 Å². The van der Waals surface area contributed by atoms with Crippen molar-refractivity contribution in [1.82, 2.24) is 19.8 Å². The maximum absolute atomic E-state index is 5.84. The number of nitrogens with zero attached hydrogens (tertiary/aromatic N) is 3. The van der Waals surface area contributed by atoms with Gasteiger partial charge in [0.05, 0.1) is 24.9 Å². The summed E-state index contributed by atoms with van der Waals surface area (Å²) in [6.45, 7) is 0.676. The molecule has 1 N–H and O–H groups in total. The second kappa shape index (κ2) is 9.37. The monoisotopic (exact) mass is 518 g/mol. The average molecular weight is 519 g/mol. The summed E-state index contributed by atoms with van der Waals surface area (Å²) in [7, 11) is 1.68. The topological polar surface area (TPSA) is 42.3 Å². The van der Waals surface area contributed by atoms with Crippen molar-refractivity contribution in [3.63, 3.8) is 0 Å². The number of aromatic nitrogens is 2. The second-order valence-corrected chi connectivity index (χ2v) is 9.18. The Bertz CT molecular complexity index is 1240. The first-order valence-electron chi connectivity index (χ1n) is 10.7. The van der Waals surface area contributed by atoms with E-state index in [-0.39, 0.29) is 12.1 Å². The van der Waals surface area contributed by atoms with Gasteiger partial charge in [-0.05, 0) is 78.4 Å². The maximum atomic E-state index is 5.84. The Kier molecular flexibility index (Phi) is 6.15. The van der Waals surface area contributed by atoms with Crippen LogP contribution in [0.3, 0.4) is 0 Å². The highest BCUT2D eigenvalue weighted by Gasteiger charge is 2.41. The van der Waals surface area contributed by atoms with Crippen LogP contribution < -0.4 is 10.1 Å². The van der Waals surface area contributed by atoms with Gasteiger partial charge in [0.2, 0.25) is 0 Å². The van der Waals surface area contributed by atoms with Gasteiger partial charge in [0.1, 0.15) is 5.75 Å². The quantitative estimate of drug-likeness (QED) is 0.326. The second-order valence-electron chi connectivity index (χ2n) is 7.88. The Hall–Kier alpha value is -3.16. The maximum Gasteiger partial charge on any atom is 0.170 e. The van der Waals surface area contributed by atoms with E-state index in [2.05, 4.69) is 96.5 Å². The molecule has 0 saturated carbocycles. The van der Waals surface area contributed by atoms with Crippen LogP contribution in [0.4, 0.5) is 0 Å². The van der Waals surface area contributed by atoms with Crippen molar-refractivity contribution in [1.29, 1.82) is 0 Å². The summed E-state index contributed by atoms with van der Waals surface area (Å²) >= 11 is 9.38. The molecule has 2 atom stereocenters. The summed E-state index contributed by atoms with van der Waals surface area (Å²) in [4.78, 5) is 6.90. The molecule has 3 heterocycles. The lowest BCUT2D eigenvalue weighted by Gasteiger charge is -2.29. The molecular formula is C26H23BrN4OS. The third kappa shape index (κ3) is 4.38. The summed E-state index contributed by atoms with van der Waals surface area (Å²) in [6.07, 6.45) is 3.93. The molecule has 7 heteroatoms. The van der Waals surface area contributed by atoms with Crippen LogP contribution in [0.2, 0.25) is 0 Å².